The van der Waals surface area contributed by atoms with Crippen LogP contribution in [0.25, 0.3) is 0 Å². The Morgan fingerprint density at radius 2 is 1.94 bits per heavy atom. The average molecular weight is 219 g/mol. The summed E-state index contributed by atoms with van der Waals surface area (Å²) in [6.45, 7) is 9.87. The molecular weight excluding hydrogens is 198 g/mol. The van der Waals surface area contributed by atoms with Gasteiger partial charge >= 0.3 is 0 Å². The van der Waals surface area contributed by atoms with E-state index in [1.54, 1.807) is 0 Å². The first-order chi connectivity index (χ1) is 7.47. The zero-order valence-corrected chi connectivity index (χ0v) is 10.6. The molecule has 1 aromatic rings. The second-order valence-electron chi connectivity index (χ2n) is 4.98. The van der Waals surface area contributed by atoms with Gasteiger partial charge in [-0.15, -0.1) is 0 Å². The highest BCUT2D eigenvalue weighted by atomic mass is 16.1. The highest BCUT2D eigenvalue weighted by molar-refractivity contribution is 5.51. The number of nitrogens with one attached hydrogen (secondary N) is 1. The van der Waals surface area contributed by atoms with Crippen molar-refractivity contribution in [3.05, 3.63) is 34.9 Å². The van der Waals surface area contributed by atoms with Crippen LogP contribution in [0.1, 0.15) is 30.5 Å². The van der Waals surface area contributed by atoms with Crippen molar-refractivity contribution in [1.82, 2.24) is 5.32 Å². The third-order valence-corrected chi connectivity index (χ3v) is 3.08. The van der Waals surface area contributed by atoms with Crippen LogP contribution in [0.5, 0.6) is 0 Å². The molecule has 88 valence electrons. The number of aldehydes is 1. The summed E-state index contributed by atoms with van der Waals surface area (Å²) in [7, 11) is 0. The van der Waals surface area contributed by atoms with E-state index in [9.17, 15) is 4.79 Å². The second-order valence-corrected chi connectivity index (χ2v) is 4.98. The van der Waals surface area contributed by atoms with Crippen LogP contribution < -0.4 is 5.32 Å². The zero-order valence-electron chi connectivity index (χ0n) is 10.6. The van der Waals surface area contributed by atoms with E-state index in [1.165, 1.54) is 16.7 Å². The number of aryl methyl sites for hydroxylation is 2. The van der Waals surface area contributed by atoms with Gasteiger partial charge in [-0.05, 0) is 30.5 Å². The molecule has 0 unspecified atom stereocenters. The number of hydrogen-bond acceptors (Lipinski definition) is 2. The smallest absolute Gasteiger partial charge is 0.133 e. The monoisotopic (exact) mass is 219 g/mol. The Kier molecular flexibility index (Phi) is 4.25. The molecule has 0 bridgehead atoms. The first-order valence-corrected chi connectivity index (χ1v) is 5.69. The molecule has 0 saturated carbocycles. The fourth-order valence-corrected chi connectivity index (χ4v) is 1.71. The summed E-state index contributed by atoms with van der Waals surface area (Å²) in [5.74, 6) is 0. The molecule has 0 aliphatic heterocycles. The summed E-state index contributed by atoms with van der Waals surface area (Å²) in [5, 5.41) is 3.14. The van der Waals surface area contributed by atoms with Gasteiger partial charge in [-0.3, -0.25) is 0 Å². The van der Waals surface area contributed by atoms with Gasteiger partial charge in [0.05, 0.1) is 6.54 Å². The molecule has 0 saturated heterocycles. The summed E-state index contributed by atoms with van der Waals surface area (Å²) in [6, 6.07) is 6.56. The molecular formula is C14H21NO. The Morgan fingerprint density at radius 1 is 1.25 bits per heavy atom. The Hall–Kier alpha value is -1.15. The molecule has 0 amide bonds. The fraction of sp³-hybridized carbons (Fsp3) is 0.500. The van der Waals surface area contributed by atoms with Crippen LogP contribution in [0.4, 0.5) is 0 Å². The first-order valence-electron chi connectivity index (χ1n) is 5.69. The van der Waals surface area contributed by atoms with Crippen molar-refractivity contribution >= 4 is 6.29 Å². The first kappa shape index (κ1) is 12.9. The van der Waals surface area contributed by atoms with Crippen molar-refractivity contribution in [2.75, 3.05) is 13.1 Å². The summed E-state index contributed by atoms with van der Waals surface area (Å²) < 4.78 is 0. The summed E-state index contributed by atoms with van der Waals surface area (Å²) in [4.78, 5) is 10.3. The van der Waals surface area contributed by atoms with Gasteiger partial charge in [-0.1, -0.05) is 32.0 Å². The van der Waals surface area contributed by atoms with E-state index < -0.39 is 0 Å². The number of hydrogen-bond donors (Lipinski definition) is 1. The third kappa shape index (κ3) is 3.17. The Morgan fingerprint density at radius 3 is 2.50 bits per heavy atom. The number of carbonyl (C=O) groups is 1. The molecule has 0 fully saturated rings. The summed E-state index contributed by atoms with van der Waals surface area (Å²) >= 11 is 0. The van der Waals surface area contributed by atoms with Crippen molar-refractivity contribution in [3.8, 4) is 0 Å². The topological polar surface area (TPSA) is 29.1 Å². The molecule has 1 N–H and O–H groups in total. The minimum Gasteiger partial charge on any atom is -0.309 e. The van der Waals surface area contributed by atoms with E-state index in [0.717, 1.165) is 12.8 Å². The molecule has 2 heteroatoms. The lowest BCUT2D eigenvalue weighted by Gasteiger charge is -2.26. The Labute approximate surface area is 98.1 Å². The zero-order chi connectivity index (χ0) is 12.2. The van der Waals surface area contributed by atoms with Gasteiger partial charge in [0.2, 0.25) is 0 Å². The maximum atomic E-state index is 10.3. The molecule has 0 aliphatic rings. The predicted octanol–water partition coefficient (Wildman–Crippen LogP) is 2.37. The molecule has 2 nitrogen and oxygen atoms in total. The van der Waals surface area contributed by atoms with E-state index >= 15 is 0 Å². The van der Waals surface area contributed by atoms with Gasteiger partial charge < -0.3 is 10.1 Å². The number of carbonyl (C=O) groups excluding carboxylic acids is 1. The van der Waals surface area contributed by atoms with Crippen molar-refractivity contribution in [3.63, 3.8) is 0 Å². The fourth-order valence-electron chi connectivity index (χ4n) is 1.71. The second kappa shape index (κ2) is 5.26. The maximum Gasteiger partial charge on any atom is 0.133 e. The number of benzene rings is 1. The van der Waals surface area contributed by atoms with E-state index in [1.807, 2.05) is 0 Å². The molecule has 1 aromatic carbocycles. The molecule has 1 rings (SSSR count). The van der Waals surface area contributed by atoms with Crippen LogP contribution in [0, 0.1) is 13.8 Å². The normalized spacial score (nSPS) is 11.5. The van der Waals surface area contributed by atoms with Crippen LogP contribution in [0.2, 0.25) is 0 Å². The third-order valence-electron chi connectivity index (χ3n) is 3.08. The Balaban J connectivity index is 2.80. The molecule has 0 radical (unpaired) electrons. The van der Waals surface area contributed by atoms with Crippen LogP contribution in [0.15, 0.2) is 18.2 Å². The van der Waals surface area contributed by atoms with E-state index in [2.05, 4.69) is 51.2 Å². The summed E-state index contributed by atoms with van der Waals surface area (Å²) in [5.41, 5.74) is 4.01. The van der Waals surface area contributed by atoms with Crippen molar-refractivity contribution < 1.29 is 4.79 Å². The highest BCUT2D eigenvalue weighted by Crippen LogP contribution is 2.24. The van der Waals surface area contributed by atoms with Gasteiger partial charge in [0.15, 0.2) is 0 Å². The van der Waals surface area contributed by atoms with E-state index in [-0.39, 0.29) is 5.41 Å². The summed E-state index contributed by atoms with van der Waals surface area (Å²) in [6.07, 6.45) is 0.899. The number of rotatable bonds is 5. The highest BCUT2D eigenvalue weighted by Gasteiger charge is 2.20. The van der Waals surface area contributed by atoms with Crippen LogP contribution in [-0.2, 0) is 10.2 Å². The van der Waals surface area contributed by atoms with Crippen LogP contribution >= 0.6 is 0 Å². The molecule has 0 aromatic heterocycles. The van der Waals surface area contributed by atoms with Gasteiger partial charge in [-0.25, -0.2) is 0 Å². The molecule has 0 aliphatic carbocycles. The van der Waals surface area contributed by atoms with Gasteiger partial charge in [0.1, 0.15) is 6.29 Å². The van der Waals surface area contributed by atoms with Crippen LogP contribution in [-0.4, -0.2) is 19.4 Å². The maximum absolute atomic E-state index is 10.3. The molecule has 16 heavy (non-hydrogen) atoms. The van der Waals surface area contributed by atoms with E-state index in [0.29, 0.717) is 6.54 Å². The molecule has 0 heterocycles. The minimum atomic E-state index is 0.0570. The molecule has 0 atom stereocenters. The minimum absolute atomic E-state index is 0.0570. The lowest BCUT2D eigenvalue weighted by molar-refractivity contribution is -0.107. The van der Waals surface area contributed by atoms with Crippen molar-refractivity contribution in [2.45, 2.75) is 33.1 Å². The van der Waals surface area contributed by atoms with Crippen molar-refractivity contribution in [2.24, 2.45) is 0 Å². The predicted molar refractivity (Wildman–Crippen MR) is 67.9 cm³/mol. The Bertz CT molecular complexity index is 369. The lowest BCUT2D eigenvalue weighted by atomic mass is 9.83. The van der Waals surface area contributed by atoms with Crippen LogP contribution in [0.3, 0.4) is 0 Å². The van der Waals surface area contributed by atoms with E-state index in [4.69, 9.17) is 0 Å². The van der Waals surface area contributed by atoms with Gasteiger partial charge in [0, 0.05) is 12.0 Å². The average Bonchev–Trinajstić information content (AvgIpc) is 2.22. The van der Waals surface area contributed by atoms with Gasteiger partial charge in [-0.2, -0.15) is 0 Å². The standard InChI is InChI=1S/C14H21NO/c1-11-5-6-13(9-12(11)2)14(3,4)10-15-7-8-16/h5-6,8-9,15H,7,10H2,1-4H3. The SMILES string of the molecule is Cc1ccc(C(C)(C)CNCC=O)cc1C. The lowest BCUT2D eigenvalue weighted by Crippen LogP contribution is -2.33. The molecule has 0 spiro atoms. The van der Waals surface area contributed by atoms with Crippen molar-refractivity contribution in [1.29, 1.82) is 0 Å². The largest absolute Gasteiger partial charge is 0.309 e. The van der Waals surface area contributed by atoms with Gasteiger partial charge in [0.25, 0.3) is 0 Å². The quantitative estimate of drug-likeness (QED) is 0.608.